The SMILES string of the molecule is O=c1cc(O)cnn1C1CCCO1. The quantitative estimate of drug-likeness (QED) is 0.676. The molecule has 70 valence electrons. The fourth-order valence-corrected chi connectivity index (χ4v) is 1.38. The van der Waals surface area contributed by atoms with Gasteiger partial charge >= 0.3 is 0 Å². The summed E-state index contributed by atoms with van der Waals surface area (Å²) in [7, 11) is 0. The van der Waals surface area contributed by atoms with Crippen LogP contribution in [-0.4, -0.2) is 21.5 Å². The fraction of sp³-hybridized carbons (Fsp3) is 0.500. The molecule has 1 N–H and O–H groups in total. The Balaban J connectivity index is 2.34. The van der Waals surface area contributed by atoms with E-state index in [9.17, 15) is 4.79 Å². The Labute approximate surface area is 74.6 Å². The first-order valence-electron chi connectivity index (χ1n) is 4.17. The molecule has 5 nitrogen and oxygen atoms in total. The topological polar surface area (TPSA) is 64.3 Å². The third-order valence-electron chi connectivity index (χ3n) is 1.99. The molecule has 0 aromatic carbocycles. The Morgan fingerprint density at radius 3 is 3.15 bits per heavy atom. The highest BCUT2D eigenvalue weighted by molar-refractivity contribution is 5.10. The molecule has 0 saturated carbocycles. The minimum Gasteiger partial charge on any atom is -0.506 e. The third-order valence-corrected chi connectivity index (χ3v) is 1.99. The summed E-state index contributed by atoms with van der Waals surface area (Å²) >= 11 is 0. The maximum absolute atomic E-state index is 11.3. The van der Waals surface area contributed by atoms with Crippen LogP contribution < -0.4 is 5.56 Å². The predicted octanol–water partition coefficient (Wildman–Crippen LogP) is 0.258. The Hall–Kier alpha value is -1.36. The summed E-state index contributed by atoms with van der Waals surface area (Å²) < 4.78 is 6.54. The highest BCUT2D eigenvalue weighted by Crippen LogP contribution is 2.20. The van der Waals surface area contributed by atoms with Gasteiger partial charge in [-0.25, -0.2) is 4.68 Å². The van der Waals surface area contributed by atoms with E-state index in [0.717, 1.165) is 18.9 Å². The second kappa shape index (κ2) is 3.18. The van der Waals surface area contributed by atoms with Crippen LogP contribution >= 0.6 is 0 Å². The lowest BCUT2D eigenvalue weighted by molar-refractivity contribution is 0.0424. The normalized spacial score (nSPS) is 22.0. The first-order chi connectivity index (χ1) is 6.27. The van der Waals surface area contributed by atoms with Gasteiger partial charge in [-0.2, -0.15) is 5.10 Å². The van der Waals surface area contributed by atoms with Crippen LogP contribution in [0.4, 0.5) is 0 Å². The smallest absolute Gasteiger partial charge is 0.272 e. The fourth-order valence-electron chi connectivity index (χ4n) is 1.38. The second-order valence-corrected chi connectivity index (χ2v) is 2.96. The zero-order valence-corrected chi connectivity index (χ0v) is 7.01. The van der Waals surface area contributed by atoms with Gasteiger partial charge in [0.05, 0.1) is 6.20 Å². The molecule has 2 rings (SSSR count). The Bertz CT molecular complexity index is 355. The van der Waals surface area contributed by atoms with Gasteiger partial charge in [0.1, 0.15) is 5.75 Å². The lowest BCUT2D eigenvalue weighted by Gasteiger charge is -2.10. The van der Waals surface area contributed by atoms with Gasteiger partial charge < -0.3 is 9.84 Å². The molecule has 5 heteroatoms. The number of rotatable bonds is 1. The van der Waals surface area contributed by atoms with E-state index in [1.807, 2.05) is 0 Å². The van der Waals surface area contributed by atoms with Crippen molar-refractivity contribution in [1.82, 2.24) is 9.78 Å². The Morgan fingerprint density at radius 2 is 2.54 bits per heavy atom. The van der Waals surface area contributed by atoms with Gasteiger partial charge in [-0.15, -0.1) is 0 Å². The number of nitrogens with zero attached hydrogens (tertiary/aromatic N) is 2. The second-order valence-electron chi connectivity index (χ2n) is 2.96. The van der Waals surface area contributed by atoms with Crippen molar-refractivity contribution in [2.75, 3.05) is 6.61 Å². The average molecular weight is 182 g/mol. The van der Waals surface area contributed by atoms with Gasteiger partial charge in [-0.1, -0.05) is 0 Å². The molecule has 0 aliphatic carbocycles. The summed E-state index contributed by atoms with van der Waals surface area (Å²) in [6.07, 6.45) is 2.73. The highest BCUT2D eigenvalue weighted by atomic mass is 16.5. The van der Waals surface area contributed by atoms with Crippen molar-refractivity contribution in [3.8, 4) is 5.75 Å². The molecule has 1 atom stereocenters. The van der Waals surface area contributed by atoms with Crippen molar-refractivity contribution in [1.29, 1.82) is 0 Å². The van der Waals surface area contributed by atoms with Crippen molar-refractivity contribution in [3.63, 3.8) is 0 Å². The maximum Gasteiger partial charge on any atom is 0.272 e. The van der Waals surface area contributed by atoms with E-state index in [0.29, 0.717) is 6.61 Å². The molecule has 0 amide bonds. The monoisotopic (exact) mass is 182 g/mol. The van der Waals surface area contributed by atoms with E-state index in [-0.39, 0.29) is 17.5 Å². The zero-order valence-electron chi connectivity index (χ0n) is 7.01. The van der Waals surface area contributed by atoms with Gasteiger partial charge in [0, 0.05) is 12.7 Å². The van der Waals surface area contributed by atoms with Crippen LogP contribution in [0.3, 0.4) is 0 Å². The molecule has 0 spiro atoms. The summed E-state index contributed by atoms with van der Waals surface area (Å²) in [5.41, 5.74) is -0.327. The lowest BCUT2D eigenvalue weighted by atomic mass is 10.3. The van der Waals surface area contributed by atoms with Crippen molar-refractivity contribution >= 4 is 0 Å². The highest BCUT2D eigenvalue weighted by Gasteiger charge is 2.19. The van der Waals surface area contributed by atoms with Crippen LogP contribution in [0.15, 0.2) is 17.1 Å². The maximum atomic E-state index is 11.3. The predicted molar refractivity (Wildman–Crippen MR) is 44.4 cm³/mol. The molecular formula is C8H10N2O3. The molecule has 1 saturated heterocycles. The van der Waals surface area contributed by atoms with Crippen LogP contribution in [0.5, 0.6) is 5.75 Å². The van der Waals surface area contributed by atoms with Crippen LogP contribution in [-0.2, 0) is 4.74 Å². The number of hydrogen-bond acceptors (Lipinski definition) is 4. The summed E-state index contributed by atoms with van der Waals surface area (Å²) in [4.78, 5) is 11.3. The largest absolute Gasteiger partial charge is 0.506 e. The van der Waals surface area contributed by atoms with Gasteiger partial charge in [-0.3, -0.25) is 4.79 Å². The van der Waals surface area contributed by atoms with E-state index in [2.05, 4.69) is 5.10 Å². The molecule has 1 unspecified atom stereocenters. The summed E-state index contributed by atoms with van der Waals surface area (Å²) in [5, 5.41) is 12.8. The molecule has 2 heterocycles. The van der Waals surface area contributed by atoms with E-state index in [1.54, 1.807) is 0 Å². The first kappa shape index (κ1) is 8.25. The molecule has 1 aliphatic heterocycles. The van der Waals surface area contributed by atoms with Crippen molar-refractivity contribution in [2.45, 2.75) is 19.1 Å². The average Bonchev–Trinajstić information content (AvgIpc) is 2.56. The summed E-state index contributed by atoms with van der Waals surface area (Å²) in [6.45, 7) is 0.666. The Morgan fingerprint density at radius 1 is 1.69 bits per heavy atom. The molecule has 1 fully saturated rings. The minimum absolute atomic E-state index is 0.112. The summed E-state index contributed by atoms with van der Waals surface area (Å²) in [5.74, 6) is -0.112. The van der Waals surface area contributed by atoms with E-state index < -0.39 is 0 Å². The van der Waals surface area contributed by atoms with Gasteiger partial charge in [0.15, 0.2) is 6.23 Å². The molecule has 1 aromatic rings. The molecule has 0 radical (unpaired) electrons. The molecule has 1 aliphatic rings. The minimum atomic E-state index is -0.327. The molecule has 1 aromatic heterocycles. The molecular weight excluding hydrogens is 172 g/mol. The van der Waals surface area contributed by atoms with Crippen molar-refractivity contribution < 1.29 is 9.84 Å². The molecule has 0 bridgehead atoms. The first-order valence-corrected chi connectivity index (χ1v) is 4.17. The van der Waals surface area contributed by atoms with Crippen LogP contribution in [0.25, 0.3) is 0 Å². The summed E-state index contributed by atoms with van der Waals surface area (Å²) in [6, 6.07) is 1.13. The van der Waals surface area contributed by atoms with Gasteiger partial charge in [0.25, 0.3) is 5.56 Å². The van der Waals surface area contributed by atoms with Gasteiger partial charge in [-0.05, 0) is 12.8 Å². The number of aromatic nitrogens is 2. The number of hydrogen-bond donors (Lipinski definition) is 1. The lowest BCUT2D eigenvalue weighted by Crippen LogP contribution is -2.25. The Kier molecular flexibility index (Phi) is 2.02. The van der Waals surface area contributed by atoms with E-state index in [4.69, 9.17) is 9.84 Å². The number of ether oxygens (including phenoxy) is 1. The van der Waals surface area contributed by atoms with Crippen molar-refractivity contribution in [3.05, 3.63) is 22.6 Å². The van der Waals surface area contributed by atoms with Crippen molar-refractivity contribution in [2.24, 2.45) is 0 Å². The van der Waals surface area contributed by atoms with Crippen LogP contribution in [0.1, 0.15) is 19.1 Å². The molecule has 13 heavy (non-hydrogen) atoms. The zero-order chi connectivity index (χ0) is 9.26. The standard InChI is InChI=1S/C8H10N2O3/c11-6-4-7(12)10(9-5-6)8-2-1-3-13-8/h4-5,8,11H,1-3H2. The van der Waals surface area contributed by atoms with Crippen LogP contribution in [0.2, 0.25) is 0 Å². The van der Waals surface area contributed by atoms with E-state index in [1.165, 1.54) is 10.9 Å². The number of aromatic hydroxyl groups is 1. The van der Waals surface area contributed by atoms with Crippen LogP contribution in [0, 0.1) is 0 Å². The third kappa shape index (κ3) is 1.55. The van der Waals surface area contributed by atoms with E-state index >= 15 is 0 Å². The van der Waals surface area contributed by atoms with Gasteiger partial charge in [0.2, 0.25) is 0 Å².